The van der Waals surface area contributed by atoms with Crippen molar-refractivity contribution in [2.24, 2.45) is 5.73 Å². The van der Waals surface area contributed by atoms with Crippen LogP contribution in [0.25, 0.3) is 11.1 Å². The molecule has 146 valence electrons. The average molecular weight is 387 g/mol. The van der Waals surface area contributed by atoms with Crippen molar-refractivity contribution < 1.29 is 14.6 Å². The largest absolute Gasteiger partial charge is 0.490 e. The summed E-state index contributed by atoms with van der Waals surface area (Å²) in [5.74, 6) is 0.126. The topological polar surface area (TPSA) is 108 Å². The van der Waals surface area contributed by atoms with E-state index in [4.69, 9.17) is 18.3 Å². The molecular weight excluding hydrogens is 365 g/mol. The van der Waals surface area contributed by atoms with Crippen LogP contribution in [0.5, 0.6) is 5.75 Å². The van der Waals surface area contributed by atoms with Gasteiger partial charge in [-0.15, -0.1) is 0 Å². The van der Waals surface area contributed by atoms with Crippen molar-refractivity contribution in [2.45, 2.75) is 25.3 Å². The highest BCUT2D eigenvalue weighted by Gasteiger charge is 2.39. The Balaban J connectivity index is 2.15. The van der Waals surface area contributed by atoms with Gasteiger partial charge in [0.25, 0.3) is 0 Å². The Bertz CT molecular complexity index is 1020. The lowest BCUT2D eigenvalue weighted by Gasteiger charge is -2.20. The molecule has 0 spiro atoms. The van der Waals surface area contributed by atoms with E-state index in [2.05, 4.69) is 31.8 Å². The normalized spacial score (nSPS) is 17.3. The summed E-state index contributed by atoms with van der Waals surface area (Å²) >= 11 is 0. The van der Waals surface area contributed by atoms with Crippen LogP contribution in [0.15, 0.2) is 42.5 Å². The first-order chi connectivity index (χ1) is 13.7. The molecule has 6 nitrogen and oxygen atoms in total. The van der Waals surface area contributed by atoms with Crippen LogP contribution in [0.2, 0.25) is 0 Å². The van der Waals surface area contributed by atoms with E-state index >= 15 is 0 Å². The molecule has 4 N–H and O–H groups in total. The quantitative estimate of drug-likeness (QED) is 0.521. The molecule has 1 amide bonds. The highest BCUT2D eigenvalue weighted by Crippen LogP contribution is 2.47. The van der Waals surface area contributed by atoms with E-state index in [1.54, 1.807) is 6.07 Å². The summed E-state index contributed by atoms with van der Waals surface area (Å²) in [5, 5.41) is 23.3. The molecule has 1 heterocycles. The number of ether oxygens (including phenoxy) is 1. The number of nitrogens with one attached hydrogen (secondary N) is 1. The number of primary amides is 1. The van der Waals surface area contributed by atoms with Crippen LogP contribution < -0.4 is 15.8 Å². The lowest BCUT2D eigenvalue weighted by Crippen LogP contribution is -2.28. The van der Waals surface area contributed by atoms with Gasteiger partial charge in [0.1, 0.15) is 26.3 Å². The van der Waals surface area contributed by atoms with Gasteiger partial charge < -0.3 is 20.9 Å². The number of hydrogen-bond acceptors (Lipinski definition) is 5. The summed E-state index contributed by atoms with van der Waals surface area (Å²) in [7, 11) is 6.01. The average Bonchev–Trinajstić information content (AvgIpc) is 3.00. The molecule has 1 aliphatic heterocycles. The predicted molar refractivity (Wildman–Crippen MR) is 113 cm³/mol. The smallest absolute Gasteiger partial charge is 0.245 e. The third kappa shape index (κ3) is 3.85. The molecule has 2 aromatic rings. The Morgan fingerprint density at radius 3 is 2.66 bits per heavy atom. The van der Waals surface area contributed by atoms with E-state index in [1.165, 1.54) is 5.56 Å². The second kappa shape index (κ2) is 7.65. The van der Waals surface area contributed by atoms with Crippen molar-refractivity contribution in [1.29, 1.82) is 5.26 Å². The molecule has 0 fully saturated rings. The molecule has 1 atom stereocenters. The Morgan fingerprint density at radius 2 is 2.10 bits per heavy atom. The number of rotatable bonds is 6. The molecule has 29 heavy (non-hydrogen) atoms. The number of hydrogen-bond donors (Lipinski definition) is 3. The summed E-state index contributed by atoms with van der Waals surface area (Å²) in [4.78, 5) is 11.3. The van der Waals surface area contributed by atoms with Gasteiger partial charge in [-0.2, -0.15) is 5.26 Å². The third-order valence-electron chi connectivity index (χ3n) is 4.99. The van der Waals surface area contributed by atoms with E-state index in [1.807, 2.05) is 24.3 Å². The molecule has 0 aliphatic carbocycles. The summed E-state index contributed by atoms with van der Waals surface area (Å²) in [5.41, 5.74) is 7.11. The summed E-state index contributed by atoms with van der Waals surface area (Å²) < 4.78 is 5.69. The van der Waals surface area contributed by atoms with Crippen LogP contribution in [-0.4, -0.2) is 32.0 Å². The van der Waals surface area contributed by atoms with Crippen LogP contribution in [0.1, 0.15) is 36.5 Å². The minimum absolute atomic E-state index is 0.0540. The third-order valence-corrected chi connectivity index (χ3v) is 4.99. The zero-order valence-corrected chi connectivity index (χ0v) is 16.5. The highest BCUT2D eigenvalue weighted by molar-refractivity contribution is 6.16. The second-order valence-electron chi connectivity index (χ2n) is 7.47. The van der Waals surface area contributed by atoms with Gasteiger partial charge in [0.2, 0.25) is 5.91 Å². The Kier molecular flexibility index (Phi) is 5.41. The van der Waals surface area contributed by atoms with Crippen LogP contribution in [0, 0.1) is 11.3 Å². The van der Waals surface area contributed by atoms with Gasteiger partial charge in [-0.3, -0.25) is 4.79 Å². The van der Waals surface area contributed by atoms with Crippen LogP contribution >= 0.6 is 0 Å². The number of benzene rings is 2. The molecule has 2 radical (unpaired) electrons. The monoisotopic (exact) mass is 387 g/mol. The Labute approximate surface area is 171 Å². The molecule has 7 heteroatoms. The van der Waals surface area contributed by atoms with Gasteiger partial charge in [-0.1, -0.05) is 44.7 Å². The standard InChI is InChI=1S/C22H22BN3O3/c1-12(2)14-4-6-15(7-5-14)16-8-18(26-10-13(3)21(25)27)17(9-24)19-20(16)29-11-22(19,23)28/h4-8,12,26,28H,3,10-11H2,1-2H3,(H2,25,27). The van der Waals surface area contributed by atoms with Gasteiger partial charge in [-0.05, 0) is 23.1 Å². The first-order valence-electron chi connectivity index (χ1n) is 9.23. The minimum atomic E-state index is -1.80. The van der Waals surface area contributed by atoms with Gasteiger partial charge in [0.15, 0.2) is 0 Å². The lowest BCUT2D eigenvalue weighted by atomic mass is 9.74. The summed E-state index contributed by atoms with van der Waals surface area (Å²) in [6, 6.07) is 11.8. The van der Waals surface area contributed by atoms with Crippen molar-refractivity contribution in [3.8, 4) is 22.9 Å². The maximum Gasteiger partial charge on any atom is 0.245 e. The fraction of sp³-hybridized carbons (Fsp3) is 0.273. The number of amides is 1. The number of fused-ring (bicyclic) bond motifs is 1. The Morgan fingerprint density at radius 1 is 1.45 bits per heavy atom. The number of aliphatic hydroxyl groups is 1. The maximum absolute atomic E-state index is 11.3. The second-order valence-corrected chi connectivity index (χ2v) is 7.47. The summed E-state index contributed by atoms with van der Waals surface area (Å²) in [6.07, 6.45) is 0. The number of anilines is 1. The number of carbonyl (C=O) groups is 1. The van der Waals surface area contributed by atoms with E-state index < -0.39 is 11.4 Å². The highest BCUT2D eigenvalue weighted by atomic mass is 16.5. The van der Waals surface area contributed by atoms with Crippen LogP contribution in [-0.2, 0) is 10.3 Å². The van der Waals surface area contributed by atoms with Crippen molar-refractivity contribution in [3.05, 3.63) is 59.2 Å². The number of carbonyl (C=O) groups excluding carboxylic acids is 1. The van der Waals surface area contributed by atoms with Crippen molar-refractivity contribution >= 4 is 19.4 Å². The van der Waals surface area contributed by atoms with E-state index in [-0.39, 0.29) is 29.9 Å². The number of nitrogens with zero attached hydrogens (tertiary/aromatic N) is 1. The molecule has 3 rings (SSSR count). The molecule has 1 aliphatic rings. The van der Waals surface area contributed by atoms with Crippen molar-refractivity contribution in [1.82, 2.24) is 0 Å². The molecular formula is C22H22BN3O3. The zero-order valence-electron chi connectivity index (χ0n) is 16.5. The molecule has 0 saturated heterocycles. The van der Waals surface area contributed by atoms with Crippen LogP contribution in [0.4, 0.5) is 5.69 Å². The number of nitrogens with two attached hydrogens (primary N) is 1. The Hall–Kier alpha value is -3.24. The lowest BCUT2D eigenvalue weighted by molar-refractivity contribution is -0.114. The van der Waals surface area contributed by atoms with Gasteiger partial charge >= 0.3 is 0 Å². The molecule has 0 aromatic heterocycles. The van der Waals surface area contributed by atoms with Crippen LogP contribution in [0.3, 0.4) is 0 Å². The predicted octanol–water partition coefficient (Wildman–Crippen LogP) is 2.51. The van der Waals surface area contributed by atoms with E-state index in [0.717, 1.165) is 5.56 Å². The SMILES string of the molecule is [B]C1(O)COc2c(-c3ccc(C(C)C)cc3)cc(NCC(=C)C(N)=O)c(C#N)c21. The molecule has 0 saturated carbocycles. The van der Waals surface area contributed by atoms with E-state index in [9.17, 15) is 15.2 Å². The van der Waals surface area contributed by atoms with Gasteiger partial charge in [-0.25, -0.2) is 0 Å². The maximum atomic E-state index is 11.3. The fourth-order valence-corrected chi connectivity index (χ4v) is 3.29. The molecule has 2 aromatic carbocycles. The van der Waals surface area contributed by atoms with Gasteiger partial charge in [0, 0.05) is 23.2 Å². The molecule has 0 bridgehead atoms. The van der Waals surface area contributed by atoms with Gasteiger partial charge in [0.05, 0.1) is 16.8 Å². The first kappa shape index (κ1) is 20.5. The first-order valence-corrected chi connectivity index (χ1v) is 9.23. The minimum Gasteiger partial charge on any atom is -0.490 e. The fourth-order valence-electron chi connectivity index (χ4n) is 3.29. The van der Waals surface area contributed by atoms with E-state index in [0.29, 0.717) is 22.9 Å². The number of nitriles is 1. The summed E-state index contributed by atoms with van der Waals surface area (Å²) in [6.45, 7) is 7.73. The van der Waals surface area contributed by atoms with Crippen molar-refractivity contribution in [3.63, 3.8) is 0 Å². The van der Waals surface area contributed by atoms with Crippen molar-refractivity contribution in [2.75, 3.05) is 18.5 Å². The zero-order chi connectivity index (χ0) is 21.3. The molecule has 1 unspecified atom stereocenters.